The highest BCUT2D eigenvalue weighted by atomic mass is 16.5. The molecule has 0 aliphatic carbocycles. The van der Waals surface area contributed by atoms with Gasteiger partial charge in [0, 0.05) is 6.54 Å². The maximum Gasteiger partial charge on any atom is 0.405 e. The molecule has 4 N–H and O–H groups in total. The molecule has 1 fully saturated rings. The SMILES string of the molecule is COc1ccc(C(OC[C@@H]2C[C@@H](O)CN2C(=O)C(CC(C)C)NC(=O)CNC(=O)O)(c2ccccc2)c2ccc(OC)cc2)cc1. The van der Waals surface area contributed by atoms with E-state index in [0.717, 1.165) is 16.7 Å². The summed E-state index contributed by atoms with van der Waals surface area (Å²) in [5.41, 5.74) is 1.41. The smallest absolute Gasteiger partial charge is 0.405 e. The van der Waals surface area contributed by atoms with Crippen LogP contribution >= 0.6 is 0 Å². The van der Waals surface area contributed by atoms with Crippen molar-refractivity contribution in [2.24, 2.45) is 5.92 Å². The number of methoxy groups -OCH3 is 2. The van der Waals surface area contributed by atoms with Crippen LogP contribution in [0.3, 0.4) is 0 Å². The quantitative estimate of drug-likeness (QED) is 0.196. The summed E-state index contributed by atoms with van der Waals surface area (Å²) in [5.74, 6) is 0.457. The van der Waals surface area contributed by atoms with Gasteiger partial charge in [0.05, 0.1) is 33.0 Å². The largest absolute Gasteiger partial charge is 0.497 e. The fourth-order valence-corrected chi connectivity index (χ4v) is 5.91. The van der Waals surface area contributed by atoms with Crippen molar-refractivity contribution in [2.75, 3.05) is 33.9 Å². The summed E-state index contributed by atoms with van der Waals surface area (Å²) in [4.78, 5) is 39.0. The molecule has 46 heavy (non-hydrogen) atoms. The molecule has 3 aromatic rings. The van der Waals surface area contributed by atoms with Gasteiger partial charge in [0.15, 0.2) is 0 Å². The van der Waals surface area contributed by atoms with Crippen molar-refractivity contribution in [3.63, 3.8) is 0 Å². The average Bonchev–Trinajstić information content (AvgIpc) is 3.44. The molecule has 0 bridgehead atoms. The number of carbonyl (C=O) groups is 3. The van der Waals surface area contributed by atoms with Crippen molar-refractivity contribution >= 4 is 17.9 Å². The molecule has 0 aromatic heterocycles. The Kier molecular flexibility index (Phi) is 11.6. The predicted molar refractivity (Wildman–Crippen MR) is 172 cm³/mol. The zero-order valence-corrected chi connectivity index (χ0v) is 26.6. The van der Waals surface area contributed by atoms with Crippen molar-refractivity contribution in [1.82, 2.24) is 15.5 Å². The van der Waals surface area contributed by atoms with Gasteiger partial charge in [0.1, 0.15) is 29.7 Å². The number of ether oxygens (including phenoxy) is 3. The molecular weight excluding hydrogens is 590 g/mol. The Bertz CT molecular complexity index is 1400. The lowest BCUT2D eigenvalue weighted by Gasteiger charge is -2.38. The Morgan fingerprint density at radius 3 is 1.93 bits per heavy atom. The van der Waals surface area contributed by atoms with Crippen LogP contribution < -0.4 is 20.1 Å². The maximum atomic E-state index is 14.0. The Balaban J connectivity index is 1.70. The molecule has 0 radical (unpaired) electrons. The second kappa shape index (κ2) is 15.6. The lowest BCUT2D eigenvalue weighted by molar-refractivity contribution is -0.139. The molecule has 11 heteroatoms. The van der Waals surface area contributed by atoms with E-state index in [4.69, 9.17) is 19.3 Å². The van der Waals surface area contributed by atoms with Crippen LogP contribution in [0.4, 0.5) is 4.79 Å². The van der Waals surface area contributed by atoms with Crippen LogP contribution in [0.15, 0.2) is 78.9 Å². The normalized spacial score (nSPS) is 17.0. The van der Waals surface area contributed by atoms with Gasteiger partial charge in [-0.25, -0.2) is 4.79 Å². The summed E-state index contributed by atoms with van der Waals surface area (Å²) in [6.07, 6.45) is -1.50. The summed E-state index contributed by atoms with van der Waals surface area (Å²) in [5, 5.41) is 24.4. The number of β-amino-alcohol motifs (C(OH)–C–C–N with tert-alkyl or cyclic N) is 1. The van der Waals surface area contributed by atoms with Crippen molar-refractivity contribution in [3.8, 4) is 11.5 Å². The number of amides is 3. The molecule has 4 rings (SSSR count). The standard InChI is InChI=1S/C35H43N3O8/c1-23(2)18-31(37-32(40)20-36-34(42)43)33(41)38-21-28(39)19-27(38)22-46-35(24-8-6-5-7-9-24,25-10-14-29(44-3)15-11-25)26-12-16-30(45-4)17-13-26/h5-17,23,27-28,31,36,39H,18-22H2,1-4H3,(H,37,40)(H,42,43)/t27-,28+,31?/m0/s1. The monoisotopic (exact) mass is 633 g/mol. The predicted octanol–water partition coefficient (Wildman–Crippen LogP) is 3.77. The number of hydrogen-bond acceptors (Lipinski definition) is 7. The van der Waals surface area contributed by atoms with Gasteiger partial charge in [-0.2, -0.15) is 0 Å². The molecule has 3 atom stereocenters. The molecule has 3 amide bonds. The minimum Gasteiger partial charge on any atom is -0.497 e. The molecule has 1 saturated heterocycles. The third-order valence-corrected chi connectivity index (χ3v) is 8.08. The second-order valence-electron chi connectivity index (χ2n) is 11.8. The van der Waals surface area contributed by atoms with E-state index in [1.807, 2.05) is 98.0 Å². The Labute approximate surface area is 269 Å². The van der Waals surface area contributed by atoms with Crippen LogP contribution in [-0.2, 0) is 19.9 Å². The van der Waals surface area contributed by atoms with Gasteiger partial charge in [-0.15, -0.1) is 0 Å². The van der Waals surface area contributed by atoms with Crippen LogP contribution in [0.25, 0.3) is 0 Å². The molecule has 1 aliphatic heterocycles. The third kappa shape index (κ3) is 8.15. The van der Waals surface area contributed by atoms with E-state index in [0.29, 0.717) is 17.9 Å². The summed E-state index contributed by atoms with van der Waals surface area (Å²) in [6.45, 7) is 3.53. The van der Waals surface area contributed by atoms with Gasteiger partial charge >= 0.3 is 6.09 Å². The zero-order valence-electron chi connectivity index (χ0n) is 26.6. The van der Waals surface area contributed by atoms with E-state index < -0.39 is 42.3 Å². The van der Waals surface area contributed by atoms with Gasteiger partial charge in [-0.3, -0.25) is 9.59 Å². The number of likely N-dealkylation sites (tertiary alicyclic amines) is 1. The summed E-state index contributed by atoms with van der Waals surface area (Å²) >= 11 is 0. The molecule has 0 spiro atoms. The Hall–Kier alpha value is -4.61. The Morgan fingerprint density at radius 2 is 1.43 bits per heavy atom. The van der Waals surface area contributed by atoms with Crippen LogP contribution in [0, 0.1) is 5.92 Å². The lowest BCUT2D eigenvalue weighted by Crippen LogP contribution is -2.53. The van der Waals surface area contributed by atoms with Gasteiger partial charge in [-0.1, -0.05) is 68.4 Å². The van der Waals surface area contributed by atoms with Crippen LogP contribution in [-0.4, -0.2) is 85.1 Å². The first kappa shape index (κ1) is 34.3. The van der Waals surface area contributed by atoms with Gasteiger partial charge in [0.25, 0.3) is 0 Å². The maximum absolute atomic E-state index is 14.0. The summed E-state index contributed by atoms with van der Waals surface area (Å²) in [7, 11) is 3.21. The lowest BCUT2D eigenvalue weighted by atomic mass is 9.80. The zero-order chi connectivity index (χ0) is 33.3. The minimum atomic E-state index is -1.34. The number of benzene rings is 3. The van der Waals surface area contributed by atoms with Gasteiger partial charge in [0.2, 0.25) is 11.8 Å². The highest BCUT2D eigenvalue weighted by molar-refractivity contribution is 5.89. The minimum absolute atomic E-state index is 0.0554. The van der Waals surface area contributed by atoms with E-state index in [9.17, 15) is 19.5 Å². The number of hydrogen-bond donors (Lipinski definition) is 4. The van der Waals surface area contributed by atoms with Crippen molar-refractivity contribution in [3.05, 3.63) is 95.6 Å². The van der Waals surface area contributed by atoms with Crippen LogP contribution in [0.5, 0.6) is 11.5 Å². The van der Waals surface area contributed by atoms with Crippen molar-refractivity contribution in [2.45, 2.75) is 50.5 Å². The van der Waals surface area contributed by atoms with E-state index in [1.165, 1.54) is 0 Å². The second-order valence-corrected chi connectivity index (χ2v) is 11.8. The van der Waals surface area contributed by atoms with Crippen LogP contribution in [0.2, 0.25) is 0 Å². The number of nitrogens with one attached hydrogen (secondary N) is 2. The first-order valence-corrected chi connectivity index (χ1v) is 15.3. The summed E-state index contributed by atoms with van der Waals surface area (Å²) < 4.78 is 17.9. The highest BCUT2D eigenvalue weighted by Crippen LogP contribution is 2.42. The number of carbonyl (C=O) groups excluding carboxylic acids is 2. The molecule has 11 nitrogen and oxygen atoms in total. The molecule has 3 aromatic carbocycles. The van der Waals surface area contributed by atoms with E-state index in [-0.39, 0.29) is 31.4 Å². The van der Waals surface area contributed by atoms with E-state index in [1.54, 1.807) is 19.1 Å². The number of aliphatic hydroxyl groups excluding tert-OH is 1. The number of nitrogens with zero attached hydrogens (tertiary/aromatic N) is 1. The Morgan fingerprint density at radius 1 is 0.891 bits per heavy atom. The fourth-order valence-electron chi connectivity index (χ4n) is 5.91. The summed E-state index contributed by atoms with van der Waals surface area (Å²) in [6, 6.07) is 23.6. The van der Waals surface area contributed by atoms with Crippen molar-refractivity contribution in [1.29, 1.82) is 0 Å². The van der Waals surface area contributed by atoms with E-state index >= 15 is 0 Å². The average molecular weight is 634 g/mol. The van der Waals surface area contributed by atoms with Gasteiger partial charge < -0.3 is 40.0 Å². The highest BCUT2D eigenvalue weighted by Gasteiger charge is 2.43. The first-order chi connectivity index (χ1) is 22.1. The number of carboxylic acid groups (broad SMARTS) is 1. The molecule has 246 valence electrons. The first-order valence-electron chi connectivity index (χ1n) is 15.3. The molecule has 0 saturated carbocycles. The molecule has 1 heterocycles. The number of aliphatic hydroxyl groups is 1. The van der Waals surface area contributed by atoms with Crippen molar-refractivity contribution < 1.29 is 38.8 Å². The molecule has 1 unspecified atom stereocenters. The van der Waals surface area contributed by atoms with Crippen LogP contribution in [0.1, 0.15) is 43.4 Å². The molecule has 1 aliphatic rings. The topological polar surface area (TPSA) is 147 Å². The number of rotatable bonds is 14. The third-order valence-electron chi connectivity index (χ3n) is 8.08. The fraction of sp³-hybridized carbons (Fsp3) is 0.400. The molecular formula is C35H43N3O8. The van der Waals surface area contributed by atoms with E-state index in [2.05, 4.69) is 5.32 Å². The van der Waals surface area contributed by atoms with Gasteiger partial charge in [-0.05, 0) is 59.7 Å².